The summed E-state index contributed by atoms with van der Waals surface area (Å²) in [7, 11) is 0. The Kier molecular flexibility index (Phi) is 6.62. The zero-order valence-electron chi connectivity index (χ0n) is 14.5. The van der Waals surface area contributed by atoms with Crippen molar-refractivity contribution in [3.8, 4) is 11.5 Å². The van der Waals surface area contributed by atoms with E-state index in [9.17, 15) is 26.7 Å². The van der Waals surface area contributed by atoms with Gasteiger partial charge in [-0.05, 0) is 24.6 Å². The van der Waals surface area contributed by atoms with Crippen LogP contribution in [-0.2, 0) is 11.2 Å². The first-order valence-electron chi connectivity index (χ1n) is 8.01. The van der Waals surface area contributed by atoms with E-state index in [1.807, 2.05) is 6.07 Å². The average Bonchev–Trinajstić information content (AvgIpc) is 2.97. The number of carbonyl (C=O) groups excluding carboxylic acids is 1. The maximum atomic E-state index is 13.1. The Balaban J connectivity index is 0.000000370. The minimum atomic E-state index is -5.08. The predicted octanol–water partition coefficient (Wildman–Crippen LogP) is 3.61. The third-order valence-electron chi connectivity index (χ3n) is 3.47. The van der Waals surface area contributed by atoms with Crippen molar-refractivity contribution < 1.29 is 46.1 Å². The Bertz CT molecular complexity index is 871. The summed E-state index contributed by atoms with van der Waals surface area (Å²) in [5.41, 5.74) is 1.11. The molecule has 0 radical (unpaired) electrons. The number of aliphatic carboxylic acids is 1. The molecule has 0 saturated carbocycles. The summed E-state index contributed by atoms with van der Waals surface area (Å²) in [5.74, 6) is -2.93. The normalized spacial score (nSPS) is 13.8. The molecule has 0 aromatic heterocycles. The molecular formula is C18H14F5NO5. The lowest BCUT2D eigenvalue weighted by Gasteiger charge is -2.08. The molecule has 3 rings (SSSR count). The molecule has 0 fully saturated rings. The van der Waals surface area contributed by atoms with Crippen LogP contribution in [0.5, 0.6) is 11.5 Å². The minimum absolute atomic E-state index is 0.0110. The number of carboxylic acid groups (broad SMARTS) is 1. The highest BCUT2D eigenvalue weighted by atomic mass is 19.4. The number of alkyl halides is 5. The molecule has 0 spiro atoms. The lowest BCUT2D eigenvalue weighted by atomic mass is 10.1. The van der Waals surface area contributed by atoms with Gasteiger partial charge < -0.3 is 19.9 Å². The smallest absolute Gasteiger partial charge is 0.475 e. The van der Waals surface area contributed by atoms with Gasteiger partial charge in [-0.2, -0.15) is 13.2 Å². The van der Waals surface area contributed by atoms with Gasteiger partial charge in [-0.3, -0.25) is 4.79 Å². The van der Waals surface area contributed by atoms with E-state index < -0.39 is 18.4 Å². The summed E-state index contributed by atoms with van der Waals surface area (Å²) in [6.45, 7) is 0.305. The second-order valence-corrected chi connectivity index (χ2v) is 5.59. The largest absolute Gasteiger partial charge is 0.586 e. The van der Waals surface area contributed by atoms with E-state index in [0.29, 0.717) is 24.1 Å². The Morgan fingerprint density at radius 2 is 1.62 bits per heavy atom. The van der Waals surface area contributed by atoms with Crippen LogP contribution in [0.2, 0.25) is 0 Å². The second kappa shape index (κ2) is 8.76. The maximum absolute atomic E-state index is 13.1. The molecule has 1 amide bonds. The molecular weight excluding hydrogens is 405 g/mol. The van der Waals surface area contributed by atoms with Crippen molar-refractivity contribution in [2.75, 3.05) is 6.54 Å². The number of benzene rings is 2. The molecule has 156 valence electrons. The molecule has 0 saturated heterocycles. The number of fused-ring (bicyclic) bond motifs is 1. The molecule has 2 N–H and O–H groups in total. The maximum Gasteiger partial charge on any atom is 0.586 e. The van der Waals surface area contributed by atoms with Crippen molar-refractivity contribution in [2.45, 2.75) is 18.9 Å². The van der Waals surface area contributed by atoms with Crippen molar-refractivity contribution in [2.24, 2.45) is 0 Å². The number of carboxylic acids is 1. The SMILES string of the molecule is O=C(NCCc1cccc2c1OC(F)(F)O2)c1ccccc1.O=C(O)C(F)(F)F. The van der Waals surface area contributed by atoms with Crippen LogP contribution >= 0.6 is 0 Å². The first kappa shape index (κ1) is 21.9. The topological polar surface area (TPSA) is 84.9 Å². The Hall–Kier alpha value is -3.37. The number of carbonyl (C=O) groups is 2. The quantitative estimate of drug-likeness (QED) is 0.740. The lowest BCUT2D eigenvalue weighted by Crippen LogP contribution is -2.27. The molecule has 0 bridgehead atoms. The number of hydrogen-bond donors (Lipinski definition) is 2. The number of halogens is 5. The number of amides is 1. The molecule has 2 aromatic rings. The third kappa shape index (κ3) is 6.33. The Morgan fingerprint density at radius 3 is 2.21 bits per heavy atom. The van der Waals surface area contributed by atoms with E-state index in [-0.39, 0.29) is 17.4 Å². The van der Waals surface area contributed by atoms with Gasteiger partial charge in [0.15, 0.2) is 11.5 Å². The highest BCUT2D eigenvalue weighted by Gasteiger charge is 2.44. The van der Waals surface area contributed by atoms with Crippen molar-refractivity contribution in [1.29, 1.82) is 0 Å². The van der Waals surface area contributed by atoms with Gasteiger partial charge >= 0.3 is 18.4 Å². The van der Waals surface area contributed by atoms with Crippen LogP contribution < -0.4 is 14.8 Å². The van der Waals surface area contributed by atoms with E-state index >= 15 is 0 Å². The molecule has 1 aliphatic rings. The van der Waals surface area contributed by atoms with Gasteiger partial charge in [0.2, 0.25) is 0 Å². The highest BCUT2D eigenvalue weighted by molar-refractivity contribution is 5.94. The van der Waals surface area contributed by atoms with Crippen LogP contribution in [0.4, 0.5) is 22.0 Å². The zero-order valence-corrected chi connectivity index (χ0v) is 14.5. The van der Waals surface area contributed by atoms with Gasteiger partial charge in [0.25, 0.3) is 5.91 Å². The number of ether oxygens (including phenoxy) is 2. The van der Waals surface area contributed by atoms with Gasteiger partial charge in [-0.25, -0.2) is 4.79 Å². The molecule has 1 heterocycles. The second-order valence-electron chi connectivity index (χ2n) is 5.59. The standard InChI is InChI=1S/C16H13F2NO3.C2HF3O2/c17-16(18)21-13-8-4-7-11(14(13)22-16)9-10-19-15(20)12-5-2-1-3-6-12;3-2(4,5)1(6)7/h1-8H,9-10H2,(H,19,20);(H,6,7). The molecule has 29 heavy (non-hydrogen) atoms. The lowest BCUT2D eigenvalue weighted by molar-refractivity contribution is -0.286. The summed E-state index contributed by atoms with van der Waals surface area (Å²) >= 11 is 0. The fraction of sp³-hybridized carbons (Fsp3) is 0.222. The van der Waals surface area contributed by atoms with E-state index in [1.54, 1.807) is 36.4 Å². The highest BCUT2D eigenvalue weighted by Crippen LogP contribution is 2.43. The van der Waals surface area contributed by atoms with Crippen LogP contribution in [0.15, 0.2) is 48.5 Å². The van der Waals surface area contributed by atoms with E-state index in [0.717, 1.165) is 0 Å². The van der Waals surface area contributed by atoms with Crippen LogP contribution in [0, 0.1) is 0 Å². The Morgan fingerprint density at radius 1 is 1.00 bits per heavy atom. The van der Waals surface area contributed by atoms with Crippen molar-refractivity contribution in [1.82, 2.24) is 5.32 Å². The minimum Gasteiger partial charge on any atom is -0.475 e. The van der Waals surface area contributed by atoms with E-state index in [1.165, 1.54) is 6.07 Å². The molecule has 11 heteroatoms. The molecule has 2 aromatic carbocycles. The molecule has 0 unspecified atom stereocenters. The summed E-state index contributed by atoms with van der Waals surface area (Å²) in [5, 5.41) is 9.86. The van der Waals surface area contributed by atoms with Crippen LogP contribution in [0.25, 0.3) is 0 Å². The van der Waals surface area contributed by atoms with Crippen molar-refractivity contribution in [3.05, 3.63) is 59.7 Å². The van der Waals surface area contributed by atoms with Crippen LogP contribution in [0.3, 0.4) is 0 Å². The van der Waals surface area contributed by atoms with Crippen LogP contribution in [-0.4, -0.2) is 36.0 Å². The summed E-state index contributed by atoms with van der Waals surface area (Å²) in [6.07, 6.45) is -8.35. The molecule has 1 aliphatic heterocycles. The van der Waals surface area contributed by atoms with Gasteiger partial charge in [0, 0.05) is 17.7 Å². The van der Waals surface area contributed by atoms with Crippen LogP contribution in [0.1, 0.15) is 15.9 Å². The first-order chi connectivity index (χ1) is 13.5. The number of rotatable bonds is 4. The van der Waals surface area contributed by atoms with Crippen molar-refractivity contribution >= 4 is 11.9 Å². The third-order valence-corrected chi connectivity index (χ3v) is 3.47. The summed E-state index contributed by atoms with van der Waals surface area (Å²) in [6, 6.07) is 13.5. The van der Waals surface area contributed by atoms with E-state index in [2.05, 4.69) is 14.8 Å². The summed E-state index contributed by atoms with van der Waals surface area (Å²) in [4.78, 5) is 20.8. The predicted molar refractivity (Wildman–Crippen MR) is 88.8 cm³/mol. The fourth-order valence-electron chi connectivity index (χ4n) is 2.22. The van der Waals surface area contributed by atoms with Gasteiger partial charge in [-0.15, -0.1) is 8.78 Å². The zero-order chi connectivity index (χ0) is 21.7. The molecule has 6 nitrogen and oxygen atoms in total. The fourth-order valence-corrected chi connectivity index (χ4v) is 2.22. The van der Waals surface area contributed by atoms with Gasteiger partial charge in [0.1, 0.15) is 0 Å². The van der Waals surface area contributed by atoms with Gasteiger partial charge in [0.05, 0.1) is 0 Å². The first-order valence-corrected chi connectivity index (χ1v) is 8.01. The summed E-state index contributed by atoms with van der Waals surface area (Å²) < 4.78 is 66.8. The molecule has 0 aliphatic carbocycles. The monoisotopic (exact) mass is 419 g/mol. The number of nitrogens with one attached hydrogen (secondary N) is 1. The molecule has 0 atom stereocenters. The van der Waals surface area contributed by atoms with Crippen molar-refractivity contribution in [3.63, 3.8) is 0 Å². The van der Waals surface area contributed by atoms with E-state index in [4.69, 9.17) is 9.90 Å². The van der Waals surface area contributed by atoms with Gasteiger partial charge in [-0.1, -0.05) is 30.3 Å². The number of hydrogen-bond acceptors (Lipinski definition) is 4. The average molecular weight is 419 g/mol. The Labute approximate surface area is 160 Å². The number of para-hydroxylation sites is 1.